The van der Waals surface area contributed by atoms with Crippen molar-refractivity contribution in [2.75, 3.05) is 11.3 Å². The number of esters is 1. The van der Waals surface area contributed by atoms with Gasteiger partial charge in [-0.05, 0) is 37.6 Å². The van der Waals surface area contributed by atoms with Gasteiger partial charge in [0.15, 0.2) is 0 Å². The summed E-state index contributed by atoms with van der Waals surface area (Å²) in [7, 11) is -4.26. The summed E-state index contributed by atoms with van der Waals surface area (Å²) in [5.41, 5.74) is 0.234. The molecule has 1 aromatic heterocycles. The predicted octanol–water partition coefficient (Wildman–Crippen LogP) is 4.67. The zero-order valence-electron chi connectivity index (χ0n) is 18.3. The van der Waals surface area contributed by atoms with Gasteiger partial charge < -0.3 is 19.4 Å². The Kier molecular flexibility index (Phi) is 5.92. The Bertz CT molecular complexity index is 1550. The first-order valence-electron chi connectivity index (χ1n) is 10.3. The van der Waals surface area contributed by atoms with Gasteiger partial charge in [-0.1, -0.05) is 31.2 Å². The van der Waals surface area contributed by atoms with Gasteiger partial charge in [-0.25, -0.2) is 18.0 Å². The van der Waals surface area contributed by atoms with E-state index in [9.17, 15) is 28.2 Å². The highest BCUT2D eigenvalue weighted by Crippen LogP contribution is 2.38. The Morgan fingerprint density at radius 2 is 1.76 bits per heavy atom. The molecule has 0 atom stereocenters. The fourth-order valence-electron chi connectivity index (χ4n) is 3.70. The van der Waals surface area contributed by atoms with Crippen molar-refractivity contribution in [3.05, 3.63) is 65.4 Å². The van der Waals surface area contributed by atoms with Crippen LogP contribution in [0, 0.1) is 6.92 Å². The fourth-order valence-corrected chi connectivity index (χ4v) is 4.80. The first kappa shape index (κ1) is 23.1. The fraction of sp³-hybridized carbons (Fsp3) is 0.167. The van der Waals surface area contributed by atoms with Gasteiger partial charge >= 0.3 is 11.9 Å². The molecule has 0 unspecified atom stereocenters. The minimum Gasteiger partial charge on any atom is -0.507 e. The summed E-state index contributed by atoms with van der Waals surface area (Å²) in [6, 6.07) is 11.4. The number of aryl methyl sites for hydroxylation is 1. The van der Waals surface area contributed by atoms with Gasteiger partial charge in [0, 0.05) is 16.2 Å². The minimum absolute atomic E-state index is 0.165. The van der Waals surface area contributed by atoms with E-state index in [2.05, 4.69) is 4.72 Å². The van der Waals surface area contributed by atoms with Crippen LogP contribution in [-0.4, -0.2) is 37.2 Å². The number of hydrogen-bond acceptors (Lipinski definition) is 7. The lowest BCUT2D eigenvalue weighted by Gasteiger charge is -2.12. The summed E-state index contributed by atoms with van der Waals surface area (Å²) in [6.07, 6.45) is 0.638. The lowest BCUT2D eigenvalue weighted by molar-refractivity contribution is 0.0504. The smallest absolute Gasteiger partial charge is 0.342 e. The molecule has 3 aromatic carbocycles. The molecule has 0 aliphatic carbocycles. The molecule has 9 nitrogen and oxygen atoms in total. The zero-order chi connectivity index (χ0) is 24.6. The maximum absolute atomic E-state index is 13.1. The number of rotatable bonds is 7. The lowest BCUT2D eigenvalue weighted by atomic mass is 10.0. The molecule has 4 rings (SSSR count). The Labute approximate surface area is 194 Å². The number of fused-ring (bicyclic) bond motifs is 3. The molecule has 0 aliphatic rings. The Hall–Kier alpha value is -4.05. The number of carbonyl (C=O) groups excluding carboxylic acids is 1. The number of aromatic carboxylic acids is 1. The molecule has 0 saturated carbocycles. The largest absolute Gasteiger partial charge is 0.507 e. The molecule has 4 aromatic rings. The number of hydrogen-bond donors (Lipinski definition) is 3. The van der Waals surface area contributed by atoms with E-state index >= 15 is 0 Å². The molecule has 0 aliphatic heterocycles. The van der Waals surface area contributed by atoms with Gasteiger partial charge in [0.05, 0.1) is 17.2 Å². The number of benzene rings is 3. The van der Waals surface area contributed by atoms with Crippen molar-refractivity contribution >= 4 is 49.4 Å². The summed E-state index contributed by atoms with van der Waals surface area (Å²) in [6.45, 7) is 3.73. The van der Waals surface area contributed by atoms with Crippen LogP contribution < -0.4 is 4.72 Å². The van der Waals surface area contributed by atoms with Crippen molar-refractivity contribution < 1.29 is 37.4 Å². The Morgan fingerprint density at radius 1 is 1.06 bits per heavy atom. The van der Waals surface area contributed by atoms with Gasteiger partial charge in [-0.15, -0.1) is 0 Å². The number of nitrogens with one attached hydrogen (secondary N) is 1. The third-order valence-electron chi connectivity index (χ3n) is 5.27. The average molecular weight is 483 g/mol. The second-order valence-corrected chi connectivity index (χ2v) is 9.29. The van der Waals surface area contributed by atoms with Gasteiger partial charge in [0.2, 0.25) is 0 Å². The summed E-state index contributed by atoms with van der Waals surface area (Å²) in [4.78, 5) is 23.7. The van der Waals surface area contributed by atoms with Crippen molar-refractivity contribution in [2.45, 2.75) is 25.2 Å². The van der Waals surface area contributed by atoms with Crippen LogP contribution in [0.15, 0.2) is 57.8 Å². The van der Waals surface area contributed by atoms with Gasteiger partial charge in [0.25, 0.3) is 10.0 Å². The maximum atomic E-state index is 13.1. The molecule has 0 spiro atoms. The number of ether oxygens (including phenoxy) is 1. The van der Waals surface area contributed by atoms with Gasteiger partial charge in [-0.3, -0.25) is 4.72 Å². The van der Waals surface area contributed by atoms with Crippen molar-refractivity contribution in [2.24, 2.45) is 0 Å². The summed E-state index contributed by atoms with van der Waals surface area (Å²) < 4.78 is 39.9. The van der Waals surface area contributed by atoms with Crippen LogP contribution in [0.1, 0.15) is 39.8 Å². The highest BCUT2D eigenvalue weighted by Gasteiger charge is 2.25. The average Bonchev–Trinajstić information content (AvgIpc) is 3.13. The molecule has 10 heteroatoms. The molecule has 34 heavy (non-hydrogen) atoms. The predicted molar refractivity (Wildman–Crippen MR) is 125 cm³/mol. The van der Waals surface area contributed by atoms with Crippen LogP contribution in [0.3, 0.4) is 0 Å². The topological polar surface area (TPSA) is 143 Å². The number of carboxylic acid groups (broad SMARTS) is 1. The van der Waals surface area contributed by atoms with Crippen LogP contribution >= 0.6 is 0 Å². The number of furan rings is 1. The number of aromatic hydroxyl groups is 1. The molecule has 0 amide bonds. The second-order valence-electron chi connectivity index (χ2n) is 7.61. The minimum atomic E-state index is -4.26. The first-order chi connectivity index (χ1) is 16.1. The Balaban J connectivity index is 1.89. The lowest BCUT2D eigenvalue weighted by Crippen LogP contribution is -2.14. The van der Waals surface area contributed by atoms with Crippen LogP contribution in [0.5, 0.6) is 5.75 Å². The van der Waals surface area contributed by atoms with Crippen molar-refractivity contribution in [3.63, 3.8) is 0 Å². The Morgan fingerprint density at radius 3 is 2.44 bits per heavy atom. The third kappa shape index (κ3) is 4.03. The van der Waals surface area contributed by atoms with Crippen molar-refractivity contribution in [1.82, 2.24) is 0 Å². The summed E-state index contributed by atoms with van der Waals surface area (Å²) in [5.74, 6) is -2.26. The van der Waals surface area contributed by atoms with E-state index in [0.717, 1.165) is 18.2 Å². The van der Waals surface area contributed by atoms with Crippen LogP contribution in [-0.2, 0) is 14.8 Å². The second kappa shape index (κ2) is 8.71. The monoisotopic (exact) mass is 483 g/mol. The van der Waals surface area contributed by atoms with E-state index in [1.807, 2.05) is 6.92 Å². The molecule has 176 valence electrons. The van der Waals surface area contributed by atoms with E-state index in [4.69, 9.17) is 9.15 Å². The molecule has 0 bridgehead atoms. The highest BCUT2D eigenvalue weighted by molar-refractivity contribution is 7.92. The van der Waals surface area contributed by atoms with E-state index in [1.165, 1.54) is 6.07 Å². The molecule has 0 radical (unpaired) electrons. The van der Waals surface area contributed by atoms with E-state index in [1.54, 1.807) is 31.2 Å². The number of carbonyl (C=O) groups is 2. The number of carboxylic acids is 1. The SMILES string of the molecule is CCCOC(=O)c1c(C)oc2c1cc(NS(=O)(=O)c1ccc(O)c(C(=O)O)c1)c1ccccc12. The summed E-state index contributed by atoms with van der Waals surface area (Å²) >= 11 is 0. The normalized spacial score (nSPS) is 11.6. The number of sulfonamides is 1. The molecule has 1 heterocycles. The molecular formula is C24H21NO8S. The van der Waals surface area contributed by atoms with Crippen molar-refractivity contribution in [1.29, 1.82) is 0 Å². The molecule has 0 fully saturated rings. The van der Waals surface area contributed by atoms with Gasteiger partial charge in [-0.2, -0.15) is 0 Å². The van der Waals surface area contributed by atoms with E-state index < -0.39 is 33.3 Å². The van der Waals surface area contributed by atoms with Crippen LogP contribution in [0.4, 0.5) is 5.69 Å². The van der Waals surface area contributed by atoms with E-state index in [0.29, 0.717) is 33.9 Å². The first-order valence-corrected chi connectivity index (χ1v) is 11.8. The number of anilines is 1. The maximum Gasteiger partial charge on any atom is 0.342 e. The van der Waals surface area contributed by atoms with E-state index in [-0.39, 0.29) is 22.8 Å². The van der Waals surface area contributed by atoms with Crippen LogP contribution in [0.2, 0.25) is 0 Å². The molecule has 0 saturated heterocycles. The standard InChI is InChI=1S/C24H21NO8S/c1-3-10-32-24(29)21-13(2)33-22-16-7-5-4-6-15(16)19(12-18(21)22)25-34(30,31)14-8-9-20(26)17(11-14)23(27)28/h4-9,11-12,25-26H,3,10H2,1-2H3,(H,27,28). The summed E-state index contributed by atoms with van der Waals surface area (Å²) in [5, 5.41) is 20.4. The van der Waals surface area contributed by atoms with Crippen LogP contribution in [0.25, 0.3) is 21.7 Å². The van der Waals surface area contributed by atoms with Crippen molar-refractivity contribution in [3.8, 4) is 5.75 Å². The molecule has 3 N–H and O–H groups in total. The molecular weight excluding hydrogens is 462 g/mol. The third-order valence-corrected chi connectivity index (χ3v) is 6.63. The zero-order valence-corrected chi connectivity index (χ0v) is 19.1. The highest BCUT2D eigenvalue weighted by atomic mass is 32.2. The van der Waals surface area contributed by atoms with Gasteiger partial charge in [0.1, 0.15) is 28.2 Å². The number of phenols is 1. The quantitative estimate of drug-likeness (QED) is 0.322.